The second kappa shape index (κ2) is 8.96. The van der Waals surface area contributed by atoms with Gasteiger partial charge >= 0.3 is 5.97 Å². The molecule has 5 unspecified atom stereocenters. The van der Waals surface area contributed by atoms with Crippen molar-refractivity contribution in [2.75, 3.05) is 6.61 Å². The average molecular weight is 466 g/mol. The summed E-state index contributed by atoms with van der Waals surface area (Å²) in [5.74, 6) is -0.517. The third-order valence-electron chi connectivity index (χ3n) is 7.42. The van der Waals surface area contributed by atoms with Crippen LogP contribution in [0, 0.1) is 11.8 Å². The maximum absolute atomic E-state index is 13.5. The number of hydrazine groups is 1. The molecule has 5 atom stereocenters. The molecule has 9 nitrogen and oxygen atoms in total. The van der Waals surface area contributed by atoms with Crippen LogP contribution in [0.25, 0.3) is 21.8 Å². The van der Waals surface area contributed by atoms with E-state index >= 15 is 0 Å². The summed E-state index contributed by atoms with van der Waals surface area (Å²) in [7, 11) is 0. The fourth-order valence-electron chi connectivity index (χ4n) is 5.53. The van der Waals surface area contributed by atoms with Gasteiger partial charge < -0.3 is 9.30 Å². The monoisotopic (exact) mass is 465 g/mol. The van der Waals surface area contributed by atoms with Crippen molar-refractivity contribution in [1.82, 2.24) is 25.0 Å². The summed E-state index contributed by atoms with van der Waals surface area (Å²) in [6.45, 7) is 6.09. The minimum atomic E-state index is -0.614. The van der Waals surface area contributed by atoms with E-state index in [0.29, 0.717) is 27.7 Å². The Bertz CT molecular complexity index is 1360. The molecule has 1 aliphatic heterocycles. The van der Waals surface area contributed by atoms with Gasteiger partial charge in [0, 0.05) is 24.5 Å². The number of hydrogen-bond donors (Lipinski definition) is 2. The Morgan fingerprint density at radius 2 is 1.68 bits per heavy atom. The van der Waals surface area contributed by atoms with Crippen LogP contribution in [0.4, 0.5) is 0 Å². The predicted molar refractivity (Wildman–Crippen MR) is 129 cm³/mol. The lowest BCUT2D eigenvalue weighted by atomic mass is 9.85. The molecular weight excluding hydrogens is 434 g/mol. The summed E-state index contributed by atoms with van der Waals surface area (Å²) in [5, 5.41) is 0.793. The van der Waals surface area contributed by atoms with Gasteiger partial charge in [-0.05, 0) is 50.8 Å². The summed E-state index contributed by atoms with van der Waals surface area (Å²) in [5.41, 5.74) is 6.76. The number of rotatable bonds is 4. The molecule has 1 aliphatic carbocycles. The minimum Gasteiger partial charge on any atom is -0.466 e. The van der Waals surface area contributed by atoms with Crippen molar-refractivity contribution in [3.05, 3.63) is 51.3 Å². The third-order valence-corrected chi connectivity index (χ3v) is 7.42. The van der Waals surface area contributed by atoms with E-state index in [0.717, 1.165) is 19.3 Å². The van der Waals surface area contributed by atoms with Crippen molar-refractivity contribution in [2.45, 2.75) is 64.7 Å². The number of fused-ring (bicyclic) bond motifs is 2. The lowest BCUT2D eigenvalue weighted by Crippen LogP contribution is -2.38. The van der Waals surface area contributed by atoms with Crippen molar-refractivity contribution in [2.24, 2.45) is 11.8 Å². The maximum Gasteiger partial charge on any atom is 0.314 e. The molecule has 2 fully saturated rings. The molecule has 5 rings (SSSR count). The van der Waals surface area contributed by atoms with Gasteiger partial charge in [0.05, 0.1) is 28.4 Å². The molecule has 0 bridgehead atoms. The van der Waals surface area contributed by atoms with Crippen molar-refractivity contribution in [3.8, 4) is 0 Å². The van der Waals surface area contributed by atoms with E-state index in [-0.39, 0.29) is 35.8 Å². The van der Waals surface area contributed by atoms with Crippen molar-refractivity contribution < 1.29 is 9.53 Å². The van der Waals surface area contributed by atoms with Crippen molar-refractivity contribution >= 4 is 27.8 Å². The van der Waals surface area contributed by atoms with Gasteiger partial charge in [-0.25, -0.2) is 10.4 Å². The highest BCUT2D eigenvalue weighted by Crippen LogP contribution is 2.33. The Morgan fingerprint density at radius 3 is 2.35 bits per heavy atom. The van der Waals surface area contributed by atoms with Gasteiger partial charge in [0.15, 0.2) is 0 Å². The zero-order valence-electron chi connectivity index (χ0n) is 19.8. The van der Waals surface area contributed by atoms with E-state index in [2.05, 4.69) is 22.8 Å². The van der Waals surface area contributed by atoms with E-state index in [4.69, 9.17) is 4.74 Å². The van der Waals surface area contributed by atoms with Crippen molar-refractivity contribution in [3.63, 3.8) is 0 Å². The first-order chi connectivity index (χ1) is 16.4. The van der Waals surface area contributed by atoms with Crippen LogP contribution in [0.15, 0.2) is 40.2 Å². The number of carbonyl (C=O) groups excluding carboxylic acids is 1. The lowest BCUT2D eigenvalue weighted by molar-refractivity contribution is -0.149. The van der Waals surface area contributed by atoms with Crippen LogP contribution in [0.5, 0.6) is 0 Å². The van der Waals surface area contributed by atoms with Crippen LogP contribution in [0.3, 0.4) is 0 Å². The first kappa shape index (κ1) is 22.7. The first-order valence-electron chi connectivity index (χ1n) is 12.1. The smallest absolute Gasteiger partial charge is 0.314 e. The third kappa shape index (κ3) is 3.73. The van der Waals surface area contributed by atoms with E-state index in [1.165, 1.54) is 11.0 Å². The van der Waals surface area contributed by atoms with Crippen molar-refractivity contribution in [1.29, 1.82) is 0 Å². The summed E-state index contributed by atoms with van der Waals surface area (Å²) < 4.78 is 8.54. The molecule has 34 heavy (non-hydrogen) atoms. The molecule has 2 aliphatic rings. The van der Waals surface area contributed by atoms with Gasteiger partial charge in [-0.15, -0.1) is 0 Å². The summed E-state index contributed by atoms with van der Waals surface area (Å²) in [4.78, 5) is 44.2. The molecule has 0 amide bonds. The van der Waals surface area contributed by atoms with Gasteiger partial charge in [0.25, 0.3) is 11.1 Å². The van der Waals surface area contributed by atoms with Crippen LogP contribution < -0.4 is 22.0 Å². The molecule has 3 aromatic rings. The predicted octanol–water partition coefficient (Wildman–Crippen LogP) is 2.64. The quantitative estimate of drug-likeness (QED) is 0.451. The standard InChI is InChI=1S/C25H31N5O4/c1-4-34-25(33)21-15(3)27-28-22(21)30-12-10-19-17(24(30)32)13-16-18(26-19)9-11-29(23(16)31)20-8-6-5-7-14(20)2/h9-15,20-22,27-28H,4-8H2,1-3H3. The zero-order chi connectivity index (χ0) is 24.0. The molecule has 180 valence electrons. The van der Waals surface area contributed by atoms with Gasteiger partial charge in [-0.3, -0.25) is 24.4 Å². The van der Waals surface area contributed by atoms with Gasteiger partial charge in [0.2, 0.25) is 0 Å². The molecule has 0 aromatic carbocycles. The lowest BCUT2D eigenvalue weighted by Gasteiger charge is -2.30. The molecule has 3 aromatic heterocycles. The molecule has 9 heteroatoms. The van der Waals surface area contributed by atoms with E-state index in [1.807, 2.05) is 23.8 Å². The van der Waals surface area contributed by atoms with E-state index in [1.54, 1.807) is 25.3 Å². The fourth-order valence-corrected chi connectivity index (χ4v) is 5.53. The van der Waals surface area contributed by atoms with Crippen LogP contribution in [-0.4, -0.2) is 32.7 Å². The Labute approximate surface area is 197 Å². The van der Waals surface area contributed by atoms with E-state index in [9.17, 15) is 14.4 Å². The summed E-state index contributed by atoms with van der Waals surface area (Å²) in [6.07, 6.45) is 7.27. The highest BCUT2D eigenvalue weighted by atomic mass is 16.5. The molecule has 0 radical (unpaired) electrons. The topological polar surface area (TPSA) is 107 Å². The van der Waals surface area contributed by atoms with Gasteiger partial charge in [-0.2, -0.15) is 0 Å². The Balaban J connectivity index is 1.62. The Kier molecular flexibility index (Phi) is 5.99. The molecular formula is C25H31N5O4. The first-order valence-corrected chi connectivity index (χ1v) is 12.1. The summed E-state index contributed by atoms with van der Waals surface area (Å²) in [6, 6.07) is 5.22. The molecule has 2 N–H and O–H groups in total. The van der Waals surface area contributed by atoms with Crippen LogP contribution >= 0.6 is 0 Å². The number of nitrogens with zero attached hydrogens (tertiary/aromatic N) is 3. The van der Waals surface area contributed by atoms with E-state index < -0.39 is 12.1 Å². The number of pyridine rings is 3. The normalized spacial score (nSPS) is 27.3. The second-order valence-corrected chi connectivity index (χ2v) is 9.54. The summed E-state index contributed by atoms with van der Waals surface area (Å²) >= 11 is 0. The van der Waals surface area contributed by atoms with Crippen LogP contribution in [-0.2, 0) is 9.53 Å². The maximum atomic E-state index is 13.5. The molecule has 0 spiro atoms. The van der Waals surface area contributed by atoms with Gasteiger partial charge in [0.1, 0.15) is 12.1 Å². The highest BCUT2D eigenvalue weighted by molar-refractivity contribution is 5.91. The Hall–Kier alpha value is -3.04. The number of esters is 1. The SMILES string of the molecule is CCOC(=O)C1C(C)NNC1n1ccc2nc3ccn(C4CCCCC4C)c(=O)c3cc2c1=O. The molecule has 1 saturated carbocycles. The number of ether oxygens (including phenoxy) is 1. The van der Waals surface area contributed by atoms with Gasteiger partial charge in [-0.1, -0.05) is 19.8 Å². The zero-order valence-corrected chi connectivity index (χ0v) is 19.8. The fraction of sp³-hybridized carbons (Fsp3) is 0.520. The second-order valence-electron chi connectivity index (χ2n) is 9.54. The van der Waals surface area contributed by atoms with Crippen LogP contribution in [0.1, 0.15) is 58.7 Å². The number of carbonyl (C=O) groups is 1. The largest absolute Gasteiger partial charge is 0.466 e. The molecule has 4 heterocycles. The number of aromatic nitrogens is 3. The minimum absolute atomic E-state index is 0.112. The molecule has 1 saturated heterocycles. The average Bonchev–Trinajstić information content (AvgIpc) is 3.21. The Morgan fingerprint density at radius 1 is 1.03 bits per heavy atom. The number of nitrogens with one attached hydrogen (secondary N) is 2. The van der Waals surface area contributed by atoms with Crippen LogP contribution in [0.2, 0.25) is 0 Å². The number of hydrogen-bond acceptors (Lipinski definition) is 7. The highest BCUT2D eigenvalue weighted by Gasteiger charge is 2.41.